The van der Waals surface area contributed by atoms with E-state index in [0.29, 0.717) is 18.2 Å². The molecule has 1 saturated carbocycles. The number of rotatable bonds is 15. The fourth-order valence-corrected chi connectivity index (χ4v) is 7.08. The zero-order chi connectivity index (χ0) is 38.2. The monoisotopic (exact) mass is 726 g/mol. The van der Waals surface area contributed by atoms with Crippen LogP contribution in [0, 0.1) is 11.8 Å². The van der Waals surface area contributed by atoms with Crippen LogP contribution < -0.4 is 10.6 Å². The number of hydrogen-bond acceptors (Lipinski definition) is 11. The molecule has 1 saturated heterocycles. The lowest BCUT2D eigenvalue weighted by Crippen LogP contribution is -2.52. The molecule has 2 heterocycles. The molecule has 2 fully saturated rings. The second-order valence-corrected chi connectivity index (χ2v) is 15.5. The van der Waals surface area contributed by atoms with E-state index < -0.39 is 47.5 Å². The molecule has 11 nitrogen and oxygen atoms in total. The first-order valence-corrected chi connectivity index (χ1v) is 18.9. The molecular weight excluding hydrogens is 664 g/mol. The number of ether oxygens (including phenoxy) is 4. The van der Waals surface area contributed by atoms with E-state index in [2.05, 4.69) is 48.7 Å². The van der Waals surface area contributed by atoms with Gasteiger partial charge in [0.1, 0.15) is 23.9 Å². The summed E-state index contributed by atoms with van der Waals surface area (Å²) in [6, 6.07) is 8.48. The molecule has 290 valence electrons. The number of allylic oxidation sites excluding steroid dienone is 2. The lowest BCUT2D eigenvalue weighted by molar-refractivity contribution is -0.157. The number of methoxy groups -OCH3 is 1. The van der Waals surface area contributed by atoms with E-state index in [9.17, 15) is 24.9 Å². The molecule has 0 amide bonds. The van der Waals surface area contributed by atoms with Crippen LogP contribution in [0.15, 0.2) is 60.2 Å². The van der Waals surface area contributed by atoms with Crippen molar-refractivity contribution in [1.82, 2.24) is 5.32 Å². The summed E-state index contributed by atoms with van der Waals surface area (Å²) in [4.78, 5) is 24.8. The highest BCUT2D eigenvalue weighted by atomic mass is 16.6. The number of esters is 2. The summed E-state index contributed by atoms with van der Waals surface area (Å²) in [7, 11) is 1.72. The van der Waals surface area contributed by atoms with Crippen LogP contribution in [-0.4, -0.2) is 94.3 Å². The minimum absolute atomic E-state index is 0.0365. The summed E-state index contributed by atoms with van der Waals surface area (Å²) in [6.07, 6.45) is 8.91. The third-order valence-electron chi connectivity index (χ3n) is 10.6. The SMILES string of the molecule is CC[C@H](OC)[C@@H](C)[C@H]1O[C@@H]1C(NCc1ccc(NC2CC2)cc1)C(C)(O)C=CC=C(C)C1OC(=O)C[C@H](O)CC[C@@](C)(O)[C@@H](OC(C)=O)C=C[C@@H]1C. The Kier molecular flexibility index (Phi) is 14.7. The van der Waals surface area contributed by atoms with Gasteiger partial charge in [-0.25, -0.2) is 0 Å². The third kappa shape index (κ3) is 12.0. The lowest BCUT2D eigenvalue weighted by atomic mass is 9.87. The highest BCUT2D eigenvalue weighted by Crippen LogP contribution is 2.39. The molecule has 3 aliphatic rings. The molecule has 1 aromatic carbocycles. The van der Waals surface area contributed by atoms with Crippen LogP contribution in [0.5, 0.6) is 0 Å². The van der Waals surface area contributed by atoms with E-state index in [1.807, 2.05) is 13.8 Å². The van der Waals surface area contributed by atoms with Gasteiger partial charge in [0.05, 0.1) is 36.4 Å². The second-order valence-electron chi connectivity index (χ2n) is 15.5. The maximum absolute atomic E-state index is 12.9. The second kappa shape index (κ2) is 18.3. The van der Waals surface area contributed by atoms with Crippen LogP contribution in [0.25, 0.3) is 0 Å². The van der Waals surface area contributed by atoms with Gasteiger partial charge in [0, 0.05) is 44.1 Å². The van der Waals surface area contributed by atoms with Gasteiger partial charge in [0.25, 0.3) is 0 Å². The van der Waals surface area contributed by atoms with Gasteiger partial charge in [-0.15, -0.1) is 0 Å². The van der Waals surface area contributed by atoms with E-state index >= 15 is 0 Å². The number of anilines is 1. The smallest absolute Gasteiger partial charge is 0.309 e. The Labute approximate surface area is 309 Å². The minimum atomic E-state index is -1.45. The first kappa shape index (κ1) is 41.7. The Bertz CT molecular complexity index is 1410. The summed E-state index contributed by atoms with van der Waals surface area (Å²) < 4.78 is 23.3. The maximum Gasteiger partial charge on any atom is 0.309 e. The average molecular weight is 727 g/mol. The largest absolute Gasteiger partial charge is 0.457 e. The first-order chi connectivity index (χ1) is 24.5. The summed E-state index contributed by atoms with van der Waals surface area (Å²) in [6.45, 7) is 13.0. The highest BCUT2D eigenvalue weighted by Gasteiger charge is 2.54. The van der Waals surface area contributed by atoms with Crippen molar-refractivity contribution in [1.29, 1.82) is 0 Å². The Morgan fingerprint density at radius 1 is 1.15 bits per heavy atom. The number of aliphatic hydroxyl groups is 3. The van der Waals surface area contributed by atoms with Crippen molar-refractivity contribution in [2.45, 2.75) is 153 Å². The summed E-state index contributed by atoms with van der Waals surface area (Å²) in [5, 5.41) is 40.7. The number of hydrogen-bond donors (Lipinski definition) is 5. The third-order valence-corrected chi connectivity index (χ3v) is 10.6. The van der Waals surface area contributed by atoms with Gasteiger partial charge in [0.2, 0.25) is 0 Å². The average Bonchev–Trinajstić information content (AvgIpc) is 4.02. The van der Waals surface area contributed by atoms with Crippen molar-refractivity contribution < 1.29 is 43.9 Å². The number of cyclic esters (lactones) is 1. The van der Waals surface area contributed by atoms with E-state index in [1.165, 1.54) is 19.8 Å². The van der Waals surface area contributed by atoms with Gasteiger partial charge >= 0.3 is 11.9 Å². The molecule has 4 rings (SSSR count). The Balaban J connectivity index is 1.54. The fraction of sp³-hybridized carbons (Fsp3) is 0.659. The normalized spacial score (nSPS) is 31.8. The van der Waals surface area contributed by atoms with E-state index in [4.69, 9.17) is 18.9 Å². The standard InChI is InChI=1S/C41H62N2O9/c1-9-33(49-8)27(4)37-38(52-37)39(42-24-29-13-15-30(16-14-29)43-31-17-18-31)41(7,48)21-10-11-25(2)36-26(3)12-19-34(50-28(5)44)40(6,47)22-20-32(45)23-35(46)51-36/h10-16,19,21,26-27,31-34,36-39,42-43,45,47-48H,9,17-18,20,22-24H2,1-8H3/t26-,27+,32+,33-,34-,36?,37+,38-,39?,40+,41?/m0/s1. The first-order valence-electron chi connectivity index (χ1n) is 18.9. The van der Waals surface area contributed by atoms with Crippen molar-refractivity contribution in [2.75, 3.05) is 12.4 Å². The van der Waals surface area contributed by atoms with Crippen LogP contribution in [0.4, 0.5) is 5.69 Å². The summed E-state index contributed by atoms with van der Waals surface area (Å²) >= 11 is 0. The molecule has 2 aliphatic heterocycles. The van der Waals surface area contributed by atoms with Crippen molar-refractivity contribution in [3.63, 3.8) is 0 Å². The highest BCUT2D eigenvalue weighted by molar-refractivity contribution is 5.70. The van der Waals surface area contributed by atoms with Crippen LogP contribution in [0.3, 0.4) is 0 Å². The van der Waals surface area contributed by atoms with Crippen LogP contribution in [0.1, 0.15) is 92.6 Å². The van der Waals surface area contributed by atoms with Gasteiger partial charge in [-0.3, -0.25) is 9.59 Å². The molecule has 0 radical (unpaired) electrons. The Morgan fingerprint density at radius 2 is 1.85 bits per heavy atom. The van der Waals surface area contributed by atoms with E-state index in [1.54, 1.807) is 51.3 Å². The number of benzene rings is 1. The van der Waals surface area contributed by atoms with Crippen LogP contribution in [0.2, 0.25) is 0 Å². The van der Waals surface area contributed by atoms with Crippen molar-refractivity contribution in [2.24, 2.45) is 11.8 Å². The summed E-state index contributed by atoms with van der Waals surface area (Å²) in [5.41, 5.74) is 0.104. The number of aliphatic hydroxyl groups excluding tert-OH is 1. The number of epoxide rings is 1. The van der Waals surface area contributed by atoms with Gasteiger partial charge < -0.3 is 44.9 Å². The minimum Gasteiger partial charge on any atom is -0.457 e. The lowest BCUT2D eigenvalue weighted by Gasteiger charge is -2.32. The van der Waals surface area contributed by atoms with Crippen molar-refractivity contribution in [3.05, 3.63) is 65.8 Å². The number of carbonyl (C=O) groups excluding carboxylic acids is 2. The number of nitrogens with one attached hydrogen (secondary N) is 2. The van der Waals surface area contributed by atoms with Gasteiger partial charge in [0.15, 0.2) is 0 Å². The molecular formula is C41H62N2O9. The number of carbonyl (C=O) groups is 2. The zero-order valence-electron chi connectivity index (χ0n) is 32.2. The van der Waals surface area contributed by atoms with E-state index in [0.717, 1.165) is 17.7 Å². The van der Waals surface area contributed by atoms with Gasteiger partial charge in [-0.1, -0.05) is 57.2 Å². The van der Waals surface area contributed by atoms with Crippen LogP contribution >= 0.6 is 0 Å². The molecule has 3 unspecified atom stereocenters. The predicted octanol–water partition coefficient (Wildman–Crippen LogP) is 5.13. The van der Waals surface area contributed by atoms with Gasteiger partial charge in [-0.05, 0) is 82.2 Å². The molecule has 1 aliphatic carbocycles. The molecule has 0 bridgehead atoms. The molecule has 52 heavy (non-hydrogen) atoms. The fourth-order valence-electron chi connectivity index (χ4n) is 7.08. The molecule has 1 aromatic rings. The zero-order valence-corrected chi connectivity index (χ0v) is 32.2. The quantitative estimate of drug-likeness (QED) is 0.0706. The van der Waals surface area contributed by atoms with Crippen molar-refractivity contribution in [3.8, 4) is 0 Å². The van der Waals surface area contributed by atoms with Gasteiger partial charge in [-0.2, -0.15) is 0 Å². The van der Waals surface area contributed by atoms with Crippen LogP contribution in [-0.2, 0) is 35.1 Å². The predicted molar refractivity (Wildman–Crippen MR) is 200 cm³/mol. The summed E-state index contributed by atoms with van der Waals surface area (Å²) in [5.74, 6) is -1.35. The molecule has 11 heteroatoms. The molecule has 5 N–H and O–H groups in total. The molecule has 11 atom stereocenters. The van der Waals surface area contributed by atoms with Crippen molar-refractivity contribution >= 4 is 17.6 Å². The molecule has 0 aromatic heterocycles. The Morgan fingerprint density at radius 3 is 2.46 bits per heavy atom. The topological polar surface area (TPSA) is 159 Å². The van der Waals surface area contributed by atoms with E-state index in [-0.39, 0.29) is 49.4 Å². The Hall–Kier alpha value is -3.06. The maximum atomic E-state index is 12.9. The molecule has 0 spiro atoms.